The lowest BCUT2D eigenvalue weighted by Crippen LogP contribution is -2.05. The van der Waals surface area contributed by atoms with E-state index in [1.54, 1.807) is 13.0 Å². The highest BCUT2D eigenvalue weighted by molar-refractivity contribution is 7.90. The van der Waals surface area contributed by atoms with Gasteiger partial charge in [0.25, 0.3) is 5.69 Å². The van der Waals surface area contributed by atoms with Gasteiger partial charge in [0, 0.05) is 24.0 Å². The molecular weight excluding hydrogens is 280 g/mol. The van der Waals surface area contributed by atoms with Gasteiger partial charge in [0.2, 0.25) is 0 Å². The Morgan fingerprint density at radius 1 is 1.15 bits per heavy atom. The summed E-state index contributed by atoms with van der Waals surface area (Å²) in [5, 5.41) is 10.5. The van der Waals surface area contributed by atoms with Crippen LogP contribution in [0.25, 0.3) is 0 Å². The Kier molecular flexibility index (Phi) is 3.80. The second-order valence-corrected chi connectivity index (χ2v) is 6.31. The van der Waals surface area contributed by atoms with Crippen LogP contribution in [0.4, 0.5) is 5.69 Å². The molecule has 0 amide bonds. The van der Waals surface area contributed by atoms with Gasteiger partial charge in [0.05, 0.1) is 15.6 Å². The Morgan fingerprint density at radius 2 is 1.80 bits per heavy atom. The summed E-state index contributed by atoms with van der Waals surface area (Å²) in [7, 11) is -3.50. The molecule has 0 fully saturated rings. The first-order chi connectivity index (χ1) is 9.38. The van der Waals surface area contributed by atoms with Gasteiger partial charge in [-0.25, -0.2) is 8.42 Å². The normalized spacial score (nSPS) is 11.2. The second kappa shape index (κ2) is 5.38. The fraction of sp³-hybridized carbons (Fsp3) is 0.154. The van der Waals surface area contributed by atoms with Crippen LogP contribution in [0.1, 0.15) is 11.3 Å². The predicted octanol–water partition coefficient (Wildman–Crippen LogP) is 2.27. The number of benzene rings is 1. The number of hydrogen-bond acceptors (Lipinski definition) is 5. The van der Waals surface area contributed by atoms with Gasteiger partial charge in [-0.3, -0.25) is 15.1 Å². The van der Waals surface area contributed by atoms with Crippen molar-refractivity contribution in [2.45, 2.75) is 17.6 Å². The van der Waals surface area contributed by atoms with Crippen LogP contribution in [0, 0.1) is 17.0 Å². The second-order valence-electron chi connectivity index (χ2n) is 4.32. The van der Waals surface area contributed by atoms with Crippen molar-refractivity contribution in [2.75, 3.05) is 0 Å². The van der Waals surface area contributed by atoms with Crippen LogP contribution < -0.4 is 0 Å². The van der Waals surface area contributed by atoms with E-state index >= 15 is 0 Å². The molecule has 1 aromatic carbocycles. The molecule has 6 nitrogen and oxygen atoms in total. The number of nitro benzene ring substituents is 1. The summed E-state index contributed by atoms with van der Waals surface area (Å²) < 4.78 is 24.3. The lowest BCUT2D eigenvalue weighted by atomic mass is 10.2. The van der Waals surface area contributed by atoms with E-state index < -0.39 is 14.8 Å². The third-order valence-electron chi connectivity index (χ3n) is 2.75. The Morgan fingerprint density at radius 3 is 2.30 bits per heavy atom. The Hall–Kier alpha value is -2.28. The number of sulfone groups is 1. The summed E-state index contributed by atoms with van der Waals surface area (Å²) in [6, 6.07) is 8.59. The molecule has 20 heavy (non-hydrogen) atoms. The highest BCUT2D eigenvalue weighted by Crippen LogP contribution is 2.18. The average Bonchev–Trinajstić information content (AvgIpc) is 2.39. The van der Waals surface area contributed by atoms with E-state index in [2.05, 4.69) is 4.98 Å². The first-order valence-electron chi connectivity index (χ1n) is 5.77. The van der Waals surface area contributed by atoms with Gasteiger partial charge in [-0.2, -0.15) is 0 Å². The van der Waals surface area contributed by atoms with Crippen molar-refractivity contribution in [3.63, 3.8) is 0 Å². The van der Waals surface area contributed by atoms with E-state index in [1.165, 1.54) is 36.5 Å². The maximum absolute atomic E-state index is 12.2. The number of nitro groups is 1. The summed E-state index contributed by atoms with van der Waals surface area (Å²) in [5.74, 6) is -0.213. The molecule has 0 radical (unpaired) electrons. The Labute approximate surface area is 116 Å². The maximum atomic E-state index is 12.2. The number of rotatable bonds is 4. The van der Waals surface area contributed by atoms with E-state index in [4.69, 9.17) is 0 Å². The zero-order valence-electron chi connectivity index (χ0n) is 10.7. The molecule has 0 aliphatic heterocycles. The van der Waals surface area contributed by atoms with E-state index in [0.29, 0.717) is 5.56 Å². The van der Waals surface area contributed by atoms with Crippen molar-refractivity contribution in [3.8, 4) is 0 Å². The van der Waals surface area contributed by atoms with Gasteiger partial charge in [-0.1, -0.05) is 12.1 Å². The molecule has 0 saturated carbocycles. The highest BCUT2D eigenvalue weighted by Gasteiger charge is 2.16. The van der Waals surface area contributed by atoms with Crippen molar-refractivity contribution in [2.24, 2.45) is 0 Å². The van der Waals surface area contributed by atoms with E-state index in [9.17, 15) is 18.5 Å². The lowest BCUT2D eigenvalue weighted by Gasteiger charge is -2.04. The van der Waals surface area contributed by atoms with Gasteiger partial charge in [-0.15, -0.1) is 0 Å². The lowest BCUT2D eigenvalue weighted by molar-refractivity contribution is -0.384. The molecule has 0 spiro atoms. The van der Waals surface area contributed by atoms with Crippen molar-refractivity contribution < 1.29 is 13.3 Å². The molecule has 104 valence electrons. The van der Waals surface area contributed by atoms with Gasteiger partial charge in [0.15, 0.2) is 9.84 Å². The Bertz CT molecular complexity index is 722. The molecule has 0 saturated heterocycles. The minimum Gasteiger partial charge on any atom is -0.260 e. The quantitative estimate of drug-likeness (QED) is 0.637. The highest BCUT2D eigenvalue weighted by atomic mass is 32.2. The monoisotopic (exact) mass is 292 g/mol. The predicted molar refractivity (Wildman–Crippen MR) is 73.0 cm³/mol. The average molecular weight is 292 g/mol. The molecule has 0 atom stereocenters. The van der Waals surface area contributed by atoms with Crippen LogP contribution in [-0.4, -0.2) is 18.3 Å². The number of non-ortho nitro benzene ring substituents is 1. The summed E-state index contributed by atoms with van der Waals surface area (Å²) in [5.41, 5.74) is 1.17. The van der Waals surface area contributed by atoms with Gasteiger partial charge < -0.3 is 0 Å². The molecule has 1 heterocycles. The standard InChI is InChI=1S/C13H12N2O4S/c1-10-2-7-13(8-14-10)20(18,19)9-11-3-5-12(6-4-11)15(16)17/h2-8H,9H2,1H3. The number of nitrogens with zero attached hydrogens (tertiary/aromatic N) is 2. The molecule has 0 aliphatic rings. The molecule has 1 aromatic heterocycles. The van der Waals surface area contributed by atoms with Crippen LogP contribution in [0.15, 0.2) is 47.5 Å². The van der Waals surface area contributed by atoms with Gasteiger partial charge in [-0.05, 0) is 24.6 Å². The van der Waals surface area contributed by atoms with Gasteiger partial charge >= 0.3 is 0 Å². The van der Waals surface area contributed by atoms with Gasteiger partial charge in [0.1, 0.15) is 0 Å². The maximum Gasteiger partial charge on any atom is 0.269 e. The minimum atomic E-state index is -3.50. The summed E-state index contributed by atoms with van der Waals surface area (Å²) in [6.07, 6.45) is 1.32. The topological polar surface area (TPSA) is 90.2 Å². The fourth-order valence-corrected chi connectivity index (χ4v) is 2.94. The zero-order chi connectivity index (χ0) is 14.8. The van der Waals surface area contributed by atoms with Crippen molar-refractivity contribution in [1.29, 1.82) is 0 Å². The van der Waals surface area contributed by atoms with Crippen LogP contribution >= 0.6 is 0 Å². The molecule has 0 aliphatic carbocycles. The molecule has 0 N–H and O–H groups in total. The largest absolute Gasteiger partial charge is 0.269 e. The minimum absolute atomic E-state index is 0.0665. The number of aryl methyl sites for hydroxylation is 1. The number of pyridine rings is 1. The number of aromatic nitrogens is 1. The molecule has 0 bridgehead atoms. The van der Waals surface area contributed by atoms with Crippen molar-refractivity contribution in [1.82, 2.24) is 4.98 Å². The molecular formula is C13H12N2O4S. The summed E-state index contributed by atoms with van der Waals surface area (Å²) in [4.78, 5) is 14.1. The SMILES string of the molecule is Cc1ccc(S(=O)(=O)Cc2ccc([N+](=O)[O-])cc2)cn1. The summed E-state index contributed by atoms with van der Waals surface area (Å²) in [6.45, 7) is 1.77. The van der Waals surface area contributed by atoms with Crippen LogP contribution in [0.3, 0.4) is 0 Å². The van der Waals surface area contributed by atoms with Crippen molar-refractivity contribution in [3.05, 3.63) is 64.0 Å². The van der Waals surface area contributed by atoms with Crippen LogP contribution in [0.5, 0.6) is 0 Å². The smallest absolute Gasteiger partial charge is 0.260 e. The molecule has 2 rings (SSSR count). The van der Waals surface area contributed by atoms with Crippen molar-refractivity contribution >= 4 is 15.5 Å². The zero-order valence-corrected chi connectivity index (χ0v) is 11.5. The van der Waals surface area contributed by atoms with Crippen LogP contribution in [-0.2, 0) is 15.6 Å². The first kappa shape index (κ1) is 14.1. The molecule has 7 heteroatoms. The van der Waals surface area contributed by atoms with Crippen LogP contribution in [0.2, 0.25) is 0 Å². The first-order valence-corrected chi connectivity index (χ1v) is 7.42. The fourth-order valence-electron chi connectivity index (χ4n) is 1.65. The molecule has 2 aromatic rings. The summed E-state index contributed by atoms with van der Waals surface area (Å²) >= 11 is 0. The third kappa shape index (κ3) is 3.18. The third-order valence-corrected chi connectivity index (χ3v) is 4.42. The molecule has 0 unspecified atom stereocenters. The van der Waals surface area contributed by atoms with E-state index in [-0.39, 0.29) is 16.3 Å². The van der Waals surface area contributed by atoms with E-state index in [0.717, 1.165) is 5.69 Å². The number of hydrogen-bond donors (Lipinski definition) is 0. The van der Waals surface area contributed by atoms with E-state index in [1.807, 2.05) is 0 Å². The Balaban J connectivity index is 2.24.